The van der Waals surface area contributed by atoms with Gasteiger partial charge in [-0.15, -0.1) is 11.3 Å². The summed E-state index contributed by atoms with van der Waals surface area (Å²) in [4.78, 5) is 11.5. The molecule has 1 saturated heterocycles. The lowest BCUT2D eigenvalue weighted by atomic mass is 10.1. The van der Waals surface area contributed by atoms with E-state index in [2.05, 4.69) is 26.7 Å². The zero-order valence-electron chi connectivity index (χ0n) is 16.9. The molecule has 4 rings (SSSR count). The SMILES string of the molecule is FC(F)(F)c1ccc(C#Cc2nc3cscc3nc2OCCCN2CCCCC2)cc1. The summed E-state index contributed by atoms with van der Waals surface area (Å²) in [5.74, 6) is 6.16. The van der Waals surface area contributed by atoms with Crippen molar-refractivity contribution in [3.63, 3.8) is 0 Å². The van der Waals surface area contributed by atoms with Gasteiger partial charge in [0.15, 0.2) is 5.69 Å². The van der Waals surface area contributed by atoms with Gasteiger partial charge >= 0.3 is 6.18 Å². The molecule has 0 N–H and O–H groups in total. The number of aromatic nitrogens is 2. The molecule has 162 valence electrons. The molecule has 1 aromatic carbocycles. The van der Waals surface area contributed by atoms with Crippen molar-refractivity contribution in [2.24, 2.45) is 0 Å². The van der Waals surface area contributed by atoms with Crippen LogP contribution >= 0.6 is 11.3 Å². The fourth-order valence-corrected chi connectivity index (χ4v) is 4.15. The molecule has 4 nitrogen and oxygen atoms in total. The van der Waals surface area contributed by atoms with Gasteiger partial charge in [-0.25, -0.2) is 9.97 Å². The van der Waals surface area contributed by atoms with Gasteiger partial charge < -0.3 is 9.64 Å². The van der Waals surface area contributed by atoms with Crippen molar-refractivity contribution in [3.8, 4) is 17.7 Å². The normalized spacial score (nSPS) is 14.9. The molecule has 0 amide bonds. The summed E-state index contributed by atoms with van der Waals surface area (Å²) in [6.45, 7) is 3.78. The number of hydrogen-bond donors (Lipinski definition) is 0. The number of alkyl halides is 3. The van der Waals surface area contributed by atoms with E-state index in [9.17, 15) is 13.2 Å². The predicted molar refractivity (Wildman–Crippen MR) is 115 cm³/mol. The zero-order chi connectivity index (χ0) is 21.7. The minimum atomic E-state index is -4.36. The van der Waals surface area contributed by atoms with E-state index in [-0.39, 0.29) is 0 Å². The van der Waals surface area contributed by atoms with Gasteiger partial charge in [-0.2, -0.15) is 13.2 Å². The smallest absolute Gasteiger partial charge is 0.416 e. The second-order valence-electron chi connectivity index (χ2n) is 7.45. The summed E-state index contributed by atoms with van der Waals surface area (Å²) in [5, 5.41) is 3.78. The number of ether oxygens (including phenoxy) is 1. The van der Waals surface area contributed by atoms with E-state index in [0.29, 0.717) is 23.7 Å². The van der Waals surface area contributed by atoms with Crippen LogP contribution in [0.2, 0.25) is 0 Å². The lowest BCUT2D eigenvalue weighted by molar-refractivity contribution is -0.137. The molecule has 1 fully saturated rings. The van der Waals surface area contributed by atoms with Gasteiger partial charge in [0, 0.05) is 22.9 Å². The summed E-state index contributed by atoms with van der Waals surface area (Å²) in [6.07, 6.45) is 0.339. The lowest BCUT2D eigenvalue weighted by Crippen LogP contribution is -2.31. The Morgan fingerprint density at radius 1 is 0.968 bits per heavy atom. The van der Waals surface area contributed by atoms with Crippen LogP contribution in [0.1, 0.15) is 42.5 Å². The highest BCUT2D eigenvalue weighted by Gasteiger charge is 2.29. The molecular weight excluding hydrogens is 423 g/mol. The van der Waals surface area contributed by atoms with Crippen molar-refractivity contribution < 1.29 is 17.9 Å². The van der Waals surface area contributed by atoms with Crippen LogP contribution in [-0.4, -0.2) is 41.1 Å². The maximum absolute atomic E-state index is 12.7. The van der Waals surface area contributed by atoms with Crippen LogP contribution in [0.4, 0.5) is 13.2 Å². The molecule has 0 aliphatic carbocycles. The fourth-order valence-electron chi connectivity index (χ4n) is 3.48. The molecule has 1 aliphatic rings. The first-order valence-electron chi connectivity index (χ1n) is 10.3. The van der Waals surface area contributed by atoms with E-state index in [0.717, 1.165) is 49.2 Å². The van der Waals surface area contributed by atoms with E-state index in [1.54, 1.807) is 0 Å². The Kier molecular flexibility index (Phi) is 6.73. The predicted octanol–water partition coefficient (Wildman–Crippen LogP) is 5.36. The lowest BCUT2D eigenvalue weighted by Gasteiger charge is -2.26. The van der Waals surface area contributed by atoms with Crippen molar-refractivity contribution >= 4 is 22.4 Å². The Morgan fingerprint density at radius 3 is 2.39 bits per heavy atom. The van der Waals surface area contributed by atoms with Crippen molar-refractivity contribution in [2.75, 3.05) is 26.2 Å². The number of rotatable bonds is 5. The van der Waals surface area contributed by atoms with Crippen molar-refractivity contribution in [2.45, 2.75) is 31.9 Å². The molecule has 2 aromatic heterocycles. The summed E-state index contributed by atoms with van der Waals surface area (Å²) in [7, 11) is 0. The molecule has 3 aromatic rings. The van der Waals surface area contributed by atoms with Crippen LogP contribution in [0.25, 0.3) is 11.0 Å². The van der Waals surface area contributed by atoms with E-state index in [4.69, 9.17) is 4.74 Å². The van der Waals surface area contributed by atoms with E-state index in [1.807, 2.05) is 10.8 Å². The van der Waals surface area contributed by atoms with Gasteiger partial charge in [0.05, 0.1) is 12.2 Å². The number of nitrogens with zero attached hydrogens (tertiary/aromatic N) is 3. The topological polar surface area (TPSA) is 38.3 Å². The van der Waals surface area contributed by atoms with Gasteiger partial charge in [-0.1, -0.05) is 12.3 Å². The highest BCUT2D eigenvalue weighted by molar-refractivity contribution is 7.09. The first-order valence-corrected chi connectivity index (χ1v) is 11.2. The summed E-state index contributed by atoms with van der Waals surface area (Å²) in [6, 6.07) is 4.75. The summed E-state index contributed by atoms with van der Waals surface area (Å²) < 4.78 is 44.1. The second-order valence-corrected chi connectivity index (χ2v) is 8.19. The van der Waals surface area contributed by atoms with Crippen LogP contribution < -0.4 is 4.74 Å². The number of fused-ring (bicyclic) bond motifs is 1. The van der Waals surface area contributed by atoms with Crippen LogP contribution in [0, 0.1) is 11.8 Å². The third-order valence-electron chi connectivity index (χ3n) is 5.12. The van der Waals surface area contributed by atoms with E-state index >= 15 is 0 Å². The Labute approximate surface area is 183 Å². The first kappa shape index (κ1) is 21.6. The van der Waals surface area contributed by atoms with Crippen LogP contribution in [0.15, 0.2) is 35.0 Å². The average Bonchev–Trinajstić information content (AvgIpc) is 3.22. The molecule has 0 spiro atoms. The minimum absolute atomic E-state index is 0.365. The average molecular weight is 446 g/mol. The molecule has 0 radical (unpaired) electrons. The van der Waals surface area contributed by atoms with Gasteiger partial charge in [0.1, 0.15) is 11.0 Å². The number of halogens is 3. The molecule has 0 bridgehead atoms. The van der Waals surface area contributed by atoms with Gasteiger partial charge in [-0.3, -0.25) is 0 Å². The van der Waals surface area contributed by atoms with Crippen LogP contribution in [0.5, 0.6) is 5.88 Å². The number of likely N-dealkylation sites (tertiary alicyclic amines) is 1. The highest BCUT2D eigenvalue weighted by Crippen LogP contribution is 2.29. The second kappa shape index (κ2) is 9.67. The molecule has 0 saturated carbocycles. The number of piperidine rings is 1. The molecule has 31 heavy (non-hydrogen) atoms. The molecule has 3 heterocycles. The Morgan fingerprint density at radius 2 is 1.68 bits per heavy atom. The van der Waals surface area contributed by atoms with Gasteiger partial charge in [-0.05, 0) is 62.5 Å². The number of hydrogen-bond acceptors (Lipinski definition) is 5. The Bertz CT molecular complexity index is 1080. The Hall–Kier alpha value is -2.63. The Balaban J connectivity index is 1.47. The summed E-state index contributed by atoms with van der Waals surface area (Å²) in [5.41, 5.74) is 1.63. The molecular formula is C23H22F3N3OS. The van der Waals surface area contributed by atoms with Gasteiger partial charge in [0.2, 0.25) is 5.88 Å². The maximum Gasteiger partial charge on any atom is 0.416 e. The quantitative estimate of drug-likeness (QED) is 0.391. The standard InChI is InChI=1S/C23H22F3N3OS/c24-23(25,26)18-8-5-17(6-9-18)7-10-19-22(28-21-16-31-15-20(21)27-19)30-14-4-13-29-11-2-1-3-12-29/h5-6,8-9,15-16H,1-4,11-14H2. The summed E-state index contributed by atoms with van der Waals surface area (Å²) >= 11 is 1.49. The monoisotopic (exact) mass is 445 g/mol. The molecule has 0 unspecified atom stereocenters. The molecule has 8 heteroatoms. The third kappa shape index (κ3) is 5.75. The van der Waals surface area contributed by atoms with E-state index in [1.165, 1.54) is 42.7 Å². The van der Waals surface area contributed by atoms with Crippen molar-refractivity contribution in [3.05, 3.63) is 51.8 Å². The highest BCUT2D eigenvalue weighted by atomic mass is 32.1. The van der Waals surface area contributed by atoms with Crippen LogP contribution in [-0.2, 0) is 6.18 Å². The largest absolute Gasteiger partial charge is 0.476 e. The number of thiophene rings is 1. The zero-order valence-corrected chi connectivity index (χ0v) is 17.7. The maximum atomic E-state index is 12.7. The minimum Gasteiger partial charge on any atom is -0.476 e. The third-order valence-corrected chi connectivity index (χ3v) is 5.84. The number of benzene rings is 1. The molecule has 1 aliphatic heterocycles. The first-order chi connectivity index (χ1) is 15.0. The van der Waals surface area contributed by atoms with Gasteiger partial charge in [0.25, 0.3) is 0 Å². The van der Waals surface area contributed by atoms with Crippen LogP contribution in [0.3, 0.4) is 0 Å². The van der Waals surface area contributed by atoms with Crippen molar-refractivity contribution in [1.82, 2.24) is 14.9 Å². The fraction of sp³-hybridized carbons (Fsp3) is 0.391. The molecule has 0 atom stereocenters. The van der Waals surface area contributed by atoms with E-state index < -0.39 is 11.7 Å². The van der Waals surface area contributed by atoms with Crippen molar-refractivity contribution in [1.29, 1.82) is 0 Å².